The second-order valence-electron chi connectivity index (χ2n) is 6.62. The Labute approximate surface area is 167 Å². The lowest BCUT2D eigenvalue weighted by Gasteiger charge is -2.03. The van der Waals surface area contributed by atoms with Crippen LogP contribution < -0.4 is 4.80 Å². The monoisotopic (exact) mass is 384 g/mol. The molecule has 0 aliphatic carbocycles. The maximum Gasteiger partial charge on any atom is 0.279 e. The second-order valence-corrected chi connectivity index (χ2v) is 7.62. The fourth-order valence-corrected chi connectivity index (χ4v) is 4.29. The Morgan fingerprint density at radius 2 is 1.75 bits per heavy atom. The maximum atomic E-state index is 12.8. The molecule has 1 heterocycles. The molecule has 0 atom stereocenters. The van der Waals surface area contributed by atoms with Gasteiger partial charge in [0.25, 0.3) is 5.91 Å². The first kappa shape index (κ1) is 18.1. The Bertz CT molecular complexity index is 1220. The number of amides is 1. The molecule has 3 nitrogen and oxygen atoms in total. The van der Waals surface area contributed by atoms with Crippen LogP contribution in [-0.4, -0.2) is 10.5 Å². The highest BCUT2D eigenvalue weighted by Crippen LogP contribution is 2.21. The van der Waals surface area contributed by atoms with Gasteiger partial charge in [0.05, 0.1) is 10.2 Å². The molecule has 28 heavy (non-hydrogen) atoms. The summed E-state index contributed by atoms with van der Waals surface area (Å²) in [5, 5.41) is 0. The lowest BCUT2D eigenvalue weighted by Crippen LogP contribution is -2.16. The van der Waals surface area contributed by atoms with Crippen molar-refractivity contribution in [1.29, 1.82) is 0 Å². The number of benzene rings is 3. The van der Waals surface area contributed by atoms with Crippen molar-refractivity contribution >= 4 is 27.5 Å². The maximum absolute atomic E-state index is 12.8. The van der Waals surface area contributed by atoms with Crippen LogP contribution in [0.3, 0.4) is 0 Å². The summed E-state index contributed by atoms with van der Waals surface area (Å²) in [7, 11) is 0. The van der Waals surface area contributed by atoms with Gasteiger partial charge in [0.2, 0.25) is 0 Å². The van der Waals surface area contributed by atoms with Gasteiger partial charge in [-0.25, -0.2) is 0 Å². The van der Waals surface area contributed by atoms with Gasteiger partial charge in [0.15, 0.2) is 4.80 Å². The van der Waals surface area contributed by atoms with Gasteiger partial charge in [0, 0.05) is 12.1 Å². The molecule has 1 aromatic heterocycles. The fourth-order valence-electron chi connectivity index (χ4n) is 3.16. The minimum absolute atomic E-state index is 0.235. The Kier molecular flexibility index (Phi) is 5.04. The minimum Gasteiger partial charge on any atom is -0.312 e. The molecule has 138 valence electrons. The summed E-state index contributed by atoms with van der Waals surface area (Å²) in [4.78, 5) is 17.9. The van der Waals surface area contributed by atoms with E-state index < -0.39 is 0 Å². The number of carbonyl (C=O) groups excluding carboxylic acids is 1. The van der Waals surface area contributed by atoms with Gasteiger partial charge in [0.1, 0.15) is 0 Å². The third kappa shape index (κ3) is 3.59. The van der Waals surface area contributed by atoms with E-state index in [1.54, 1.807) is 0 Å². The number of nitrogens with zero attached hydrogens (tertiary/aromatic N) is 2. The Hall–Kier alpha value is -3.24. The topological polar surface area (TPSA) is 34.4 Å². The van der Waals surface area contributed by atoms with Crippen LogP contribution in [-0.2, 0) is 6.54 Å². The van der Waals surface area contributed by atoms with Crippen molar-refractivity contribution in [1.82, 2.24) is 4.57 Å². The standard InChI is InChI=1S/C24H20N2OS/c1-3-15-26-21-14-9-17(2)16-22(21)28-24(26)25-23(27)20-12-10-19(11-13-20)18-7-5-4-6-8-18/h3-14,16H,1,15H2,2H3. The number of hydrogen-bond donors (Lipinski definition) is 0. The first-order chi connectivity index (χ1) is 13.7. The summed E-state index contributed by atoms with van der Waals surface area (Å²) >= 11 is 1.53. The molecule has 1 amide bonds. The van der Waals surface area contributed by atoms with E-state index in [2.05, 4.69) is 48.8 Å². The first-order valence-corrected chi connectivity index (χ1v) is 9.93. The number of aryl methyl sites for hydroxylation is 1. The Morgan fingerprint density at radius 1 is 1.04 bits per heavy atom. The van der Waals surface area contributed by atoms with Crippen LogP contribution in [0.25, 0.3) is 21.3 Å². The molecular formula is C24H20N2OS. The van der Waals surface area contributed by atoms with Crippen molar-refractivity contribution in [3.8, 4) is 11.1 Å². The van der Waals surface area contributed by atoms with Crippen LogP contribution in [0.1, 0.15) is 15.9 Å². The number of allylic oxidation sites excluding steroid dienone is 1. The molecule has 0 aliphatic heterocycles. The summed E-state index contributed by atoms with van der Waals surface area (Å²) in [5.41, 5.74) is 5.05. The molecule has 0 spiro atoms. The smallest absolute Gasteiger partial charge is 0.279 e. The summed E-state index contributed by atoms with van der Waals surface area (Å²) in [5.74, 6) is -0.235. The molecule has 4 aromatic rings. The van der Waals surface area contributed by atoms with Crippen LogP contribution in [0.15, 0.2) is 90.4 Å². The van der Waals surface area contributed by atoms with Gasteiger partial charge in [-0.15, -0.1) is 6.58 Å². The van der Waals surface area contributed by atoms with Gasteiger partial charge in [-0.2, -0.15) is 4.99 Å². The average Bonchev–Trinajstić information content (AvgIpc) is 3.05. The summed E-state index contributed by atoms with van der Waals surface area (Å²) < 4.78 is 3.15. The molecule has 0 bridgehead atoms. The Morgan fingerprint density at radius 3 is 2.46 bits per heavy atom. The van der Waals surface area contributed by atoms with Gasteiger partial charge < -0.3 is 4.57 Å². The third-order valence-corrected chi connectivity index (χ3v) is 5.63. The molecule has 0 fully saturated rings. The molecule has 0 N–H and O–H groups in total. The largest absolute Gasteiger partial charge is 0.312 e. The van der Waals surface area contributed by atoms with Crippen LogP contribution in [0.5, 0.6) is 0 Å². The third-order valence-electron chi connectivity index (χ3n) is 4.59. The first-order valence-electron chi connectivity index (χ1n) is 9.11. The van der Waals surface area contributed by atoms with Crippen molar-refractivity contribution in [2.45, 2.75) is 13.5 Å². The van der Waals surface area contributed by atoms with Crippen LogP contribution in [0.2, 0.25) is 0 Å². The zero-order valence-electron chi connectivity index (χ0n) is 15.6. The molecule has 0 saturated carbocycles. The zero-order chi connectivity index (χ0) is 19.5. The molecular weight excluding hydrogens is 364 g/mol. The Balaban J connectivity index is 1.71. The zero-order valence-corrected chi connectivity index (χ0v) is 16.4. The van der Waals surface area contributed by atoms with E-state index in [0.717, 1.165) is 21.3 Å². The normalized spacial score (nSPS) is 11.7. The van der Waals surface area contributed by atoms with Crippen molar-refractivity contribution < 1.29 is 4.79 Å². The summed E-state index contributed by atoms with van der Waals surface area (Å²) in [6.07, 6.45) is 1.82. The number of carbonyl (C=O) groups is 1. The van der Waals surface area contributed by atoms with E-state index in [0.29, 0.717) is 16.9 Å². The minimum atomic E-state index is -0.235. The van der Waals surface area contributed by atoms with E-state index in [1.807, 2.05) is 53.1 Å². The molecule has 0 radical (unpaired) electrons. The summed E-state index contributed by atoms with van der Waals surface area (Å²) in [6.45, 7) is 6.51. The summed E-state index contributed by atoms with van der Waals surface area (Å²) in [6, 6.07) is 24.0. The lowest BCUT2D eigenvalue weighted by molar-refractivity contribution is 0.0998. The lowest BCUT2D eigenvalue weighted by atomic mass is 10.0. The van der Waals surface area contributed by atoms with Crippen molar-refractivity contribution in [3.05, 3.63) is 101 Å². The van der Waals surface area contributed by atoms with Crippen LogP contribution >= 0.6 is 11.3 Å². The van der Waals surface area contributed by atoms with Crippen LogP contribution in [0.4, 0.5) is 0 Å². The fraction of sp³-hybridized carbons (Fsp3) is 0.0833. The predicted molar refractivity (Wildman–Crippen MR) is 117 cm³/mol. The predicted octanol–water partition coefficient (Wildman–Crippen LogP) is 5.61. The van der Waals surface area contributed by atoms with Crippen molar-refractivity contribution in [2.75, 3.05) is 0 Å². The SMILES string of the molecule is C=CCn1c(=NC(=O)c2ccc(-c3ccccc3)cc2)sc2cc(C)ccc21. The number of aromatic nitrogens is 1. The molecule has 4 heteroatoms. The quantitative estimate of drug-likeness (QED) is 0.421. The molecule has 0 saturated heterocycles. The molecule has 0 aliphatic rings. The van der Waals surface area contributed by atoms with Crippen molar-refractivity contribution in [2.24, 2.45) is 4.99 Å². The van der Waals surface area contributed by atoms with E-state index >= 15 is 0 Å². The number of hydrogen-bond acceptors (Lipinski definition) is 2. The highest BCUT2D eigenvalue weighted by Gasteiger charge is 2.09. The number of fused-ring (bicyclic) bond motifs is 1. The molecule has 3 aromatic carbocycles. The van der Waals surface area contributed by atoms with E-state index in [-0.39, 0.29) is 5.91 Å². The van der Waals surface area contributed by atoms with Gasteiger partial charge in [-0.05, 0) is 47.9 Å². The van der Waals surface area contributed by atoms with E-state index in [9.17, 15) is 4.79 Å². The van der Waals surface area contributed by atoms with Gasteiger partial charge >= 0.3 is 0 Å². The van der Waals surface area contributed by atoms with E-state index in [1.165, 1.54) is 16.9 Å². The number of rotatable bonds is 4. The van der Waals surface area contributed by atoms with Gasteiger partial charge in [-0.1, -0.05) is 65.9 Å². The second kappa shape index (κ2) is 7.79. The highest BCUT2D eigenvalue weighted by molar-refractivity contribution is 7.16. The average molecular weight is 385 g/mol. The van der Waals surface area contributed by atoms with Gasteiger partial charge in [-0.3, -0.25) is 4.79 Å². The van der Waals surface area contributed by atoms with E-state index in [4.69, 9.17) is 0 Å². The van der Waals surface area contributed by atoms with Crippen LogP contribution in [0, 0.1) is 6.92 Å². The number of thiazole rings is 1. The van der Waals surface area contributed by atoms with Crippen molar-refractivity contribution in [3.63, 3.8) is 0 Å². The molecule has 0 unspecified atom stereocenters. The molecule has 4 rings (SSSR count). The highest BCUT2D eigenvalue weighted by atomic mass is 32.1.